The number of hydrogen-bond acceptors (Lipinski definition) is 4. The molecule has 2 aromatic rings. The van der Waals surface area contributed by atoms with Crippen molar-refractivity contribution in [2.75, 3.05) is 0 Å². The van der Waals surface area contributed by atoms with E-state index in [1.807, 2.05) is 0 Å². The largest absolute Gasteiger partial charge is 0.365 e. The molecule has 0 aliphatic rings. The van der Waals surface area contributed by atoms with Crippen molar-refractivity contribution in [3.8, 4) is 0 Å². The van der Waals surface area contributed by atoms with Crippen LogP contribution >= 0.6 is 0 Å². The Morgan fingerprint density at radius 3 is 2.65 bits per heavy atom. The van der Waals surface area contributed by atoms with Gasteiger partial charge in [0.05, 0.1) is 10.4 Å². The van der Waals surface area contributed by atoms with Gasteiger partial charge in [0.2, 0.25) is 0 Å². The minimum absolute atomic E-state index is 0.139. The molecule has 3 N–H and O–H groups in total. The number of H-pyrrole nitrogens is 1. The third kappa shape index (κ3) is 1.85. The van der Waals surface area contributed by atoms with Crippen LogP contribution in [0.5, 0.6) is 0 Å². The first-order chi connectivity index (χ1) is 7.99. The van der Waals surface area contributed by atoms with E-state index in [9.17, 15) is 19.7 Å². The monoisotopic (exact) mass is 233 g/mol. The number of aromatic amines is 1. The summed E-state index contributed by atoms with van der Waals surface area (Å²) in [4.78, 5) is 34.7. The van der Waals surface area contributed by atoms with Crippen LogP contribution in [0.25, 0.3) is 10.9 Å². The SMILES string of the molecule is NC(=O)c1cc2ccc([N+](=O)[O-])cc2[nH]c1=O. The van der Waals surface area contributed by atoms with Gasteiger partial charge in [-0.25, -0.2) is 0 Å². The highest BCUT2D eigenvalue weighted by Crippen LogP contribution is 2.18. The molecule has 7 nitrogen and oxygen atoms in total. The first kappa shape index (κ1) is 10.8. The Morgan fingerprint density at radius 2 is 2.06 bits per heavy atom. The molecule has 0 saturated heterocycles. The van der Waals surface area contributed by atoms with Gasteiger partial charge in [0, 0.05) is 12.1 Å². The van der Waals surface area contributed by atoms with Crippen LogP contribution in [0.3, 0.4) is 0 Å². The molecule has 0 radical (unpaired) electrons. The van der Waals surface area contributed by atoms with Crippen molar-refractivity contribution in [2.45, 2.75) is 0 Å². The van der Waals surface area contributed by atoms with Gasteiger partial charge in [-0.3, -0.25) is 19.7 Å². The molecule has 0 unspecified atom stereocenters. The molecule has 0 atom stereocenters. The summed E-state index contributed by atoms with van der Waals surface area (Å²) in [6.07, 6.45) is 0. The van der Waals surface area contributed by atoms with Crippen molar-refractivity contribution in [2.24, 2.45) is 5.73 Å². The molecule has 86 valence electrons. The number of nitrogens with zero attached hydrogens (tertiary/aromatic N) is 1. The van der Waals surface area contributed by atoms with Crippen molar-refractivity contribution >= 4 is 22.5 Å². The number of carbonyl (C=O) groups is 1. The molecule has 0 fully saturated rings. The molecular weight excluding hydrogens is 226 g/mol. The number of primary amides is 1. The van der Waals surface area contributed by atoms with Crippen LogP contribution in [0.1, 0.15) is 10.4 Å². The van der Waals surface area contributed by atoms with Gasteiger partial charge in [-0.05, 0) is 17.5 Å². The van der Waals surface area contributed by atoms with E-state index in [0.29, 0.717) is 5.39 Å². The number of pyridine rings is 1. The zero-order valence-corrected chi connectivity index (χ0v) is 8.47. The average molecular weight is 233 g/mol. The average Bonchev–Trinajstić information content (AvgIpc) is 2.26. The van der Waals surface area contributed by atoms with Gasteiger partial charge in [-0.1, -0.05) is 0 Å². The normalized spacial score (nSPS) is 10.4. The minimum Gasteiger partial charge on any atom is -0.365 e. The molecule has 1 heterocycles. The molecule has 0 spiro atoms. The fraction of sp³-hybridized carbons (Fsp3) is 0. The van der Waals surface area contributed by atoms with Crippen LogP contribution in [0, 0.1) is 10.1 Å². The quantitative estimate of drug-likeness (QED) is 0.580. The summed E-state index contributed by atoms with van der Waals surface area (Å²) < 4.78 is 0. The Bertz CT molecular complexity index is 690. The Hall–Kier alpha value is -2.70. The number of aromatic nitrogens is 1. The summed E-state index contributed by atoms with van der Waals surface area (Å²) in [5.41, 5.74) is 4.33. The predicted molar refractivity (Wildman–Crippen MR) is 59.7 cm³/mol. The number of amides is 1. The third-order valence-corrected chi connectivity index (χ3v) is 2.31. The number of nitrogens with one attached hydrogen (secondary N) is 1. The number of hydrogen-bond donors (Lipinski definition) is 2. The number of nitrogens with two attached hydrogens (primary N) is 1. The number of fused-ring (bicyclic) bond motifs is 1. The summed E-state index contributed by atoms with van der Waals surface area (Å²) in [5, 5.41) is 11.0. The standard InChI is InChI=1S/C10H7N3O4/c11-9(14)7-3-5-1-2-6(13(16)17)4-8(5)12-10(7)15/h1-4H,(H2,11,14)(H,12,15). The van der Waals surface area contributed by atoms with E-state index >= 15 is 0 Å². The molecule has 1 aromatic heterocycles. The molecule has 1 amide bonds. The molecular formula is C10H7N3O4. The van der Waals surface area contributed by atoms with E-state index in [-0.39, 0.29) is 16.8 Å². The summed E-state index contributed by atoms with van der Waals surface area (Å²) in [6, 6.07) is 5.25. The molecule has 1 aromatic carbocycles. The maximum absolute atomic E-state index is 11.4. The van der Waals surface area contributed by atoms with Gasteiger partial charge < -0.3 is 10.7 Å². The summed E-state index contributed by atoms with van der Waals surface area (Å²) >= 11 is 0. The van der Waals surface area contributed by atoms with E-state index in [0.717, 1.165) is 0 Å². The molecule has 2 rings (SSSR count). The maximum atomic E-state index is 11.4. The second-order valence-corrected chi connectivity index (χ2v) is 3.41. The highest BCUT2D eigenvalue weighted by atomic mass is 16.6. The number of rotatable bonds is 2. The van der Waals surface area contributed by atoms with E-state index in [4.69, 9.17) is 5.73 Å². The molecule has 7 heteroatoms. The van der Waals surface area contributed by atoms with Gasteiger partial charge in [0.1, 0.15) is 5.56 Å². The van der Waals surface area contributed by atoms with Crippen molar-refractivity contribution in [3.63, 3.8) is 0 Å². The number of nitro groups is 1. The smallest absolute Gasteiger partial charge is 0.271 e. The Labute approximate surface area is 94.0 Å². The summed E-state index contributed by atoms with van der Waals surface area (Å²) in [7, 11) is 0. The number of carbonyl (C=O) groups excluding carboxylic acids is 1. The topological polar surface area (TPSA) is 119 Å². The highest BCUT2D eigenvalue weighted by molar-refractivity contribution is 5.96. The second kappa shape index (κ2) is 3.71. The third-order valence-electron chi connectivity index (χ3n) is 2.31. The number of non-ortho nitro benzene ring substituents is 1. The van der Waals surface area contributed by atoms with E-state index < -0.39 is 16.4 Å². The lowest BCUT2D eigenvalue weighted by Crippen LogP contribution is -2.23. The van der Waals surface area contributed by atoms with E-state index in [1.54, 1.807) is 0 Å². The fourth-order valence-electron chi connectivity index (χ4n) is 1.49. The molecule has 0 aliphatic carbocycles. The number of nitro benzene ring substituents is 1. The first-order valence-electron chi connectivity index (χ1n) is 4.60. The van der Waals surface area contributed by atoms with E-state index in [2.05, 4.69) is 4.98 Å². The molecule has 0 bridgehead atoms. The fourth-order valence-corrected chi connectivity index (χ4v) is 1.49. The zero-order valence-electron chi connectivity index (χ0n) is 8.47. The van der Waals surface area contributed by atoms with Crippen LogP contribution < -0.4 is 11.3 Å². The van der Waals surface area contributed by atoms with Gasteiger partial charge in [0.25, 0.3) is 17.2 Å². The lowest BCUT2D eigenvalue weighted by Gasteiger charge is -2.00. The lowest BCUT2D eigenvalue weighted by atomic mass is 10.1. The Kier molecular flexibility index (Phi) is 2.36. The van der Waals surface area contributed by atoms with Crippen LogP contribution in [0.2, 0.25) is 0 Å². The Morgan fingerprint density at radius 1 is 1.35 bits per heavy atom. The number of benzene rings is 1. The van der Waals surface area contributed by atoms with Crippen LogP contribution in [-0.2, 0) is 0 Å². The summed E-state index contributed by atoms with van der Waals surface area (Å²) in [5.74, 6) is -0.841. The van der Waals surface area contributed by atoms with Crippen molar-refractivity contribution < 1.29 is 9.72 Å². The first-order valence-corrected chi connectivity index (χ1v) is 4.60. The lowest BCUT2D eigenvalue weighted by molar-refractivity contribution is -0.384. The Balaban J connectivity index is 2.75. The molecule has 0 aliphatic heterocycles. The molecule has 17 heavy (non-hydrogen) atoms. The van der Waals surface area contributed by atoms with Crippen molar-refractivity contribution in [1.82, 2.24) is 4.98 Å². The van der Waals surface area contributed by atoms with Gasteiger partial charge in [0.15, 0.2) is 0 Å². The van der Waals surface area contributed by atoms with Gasteiger partial charge >= 0.3 is 0 Å². The maximum Gasteiger partial charge on any atom is 0.271 e. The van der Waals surface area contributed by atoms with Crippen molar-refractivity contribution in [1.29, 1.82) is 0 Å². The van der Waals surface area contributed by atoms with Crippen LogP contribution in [0.15, 0.2) is 29.1 Å². The van der Waals surface area contributed by atoms with Gasteiger partial charge in [-0.15, -0.1) is 0 Å². The zero-order chi connectivity index (χ0) is 12.6. The van der Waals surface area contributed by atoms with Crippen LogP contribution in [-0.4, -0.2) is 15.8 Å². The molecule has 0 saturated carbocycles. The second-order valence-electron chi connectivity index (χ2n) is 3.41. The van der Waals surface area contributed by atoms with E-state index in [1.165, 1.54) is 24.3 Å². The minimum atomic E-state index is -0.841. The summed E-state index contributed by atoms with van der Waals surface area (Å²) in [6.45, 7) is 0. The predicted octanol–water partition coefficient (Wildman–Crippen LogP) is 0.535. The highest BCUT2D eigenvalue weighted by Gasteiger charge is 2.11. The van der Waals surface area contributed by atoms with Gasteiger partial charge in [-0.2, -0.15) is 0 Å². The van der Waals surface area contributed by atoms with Crippen molar-refractivity contribution in [3.05, 3.63) is 50.3 Å². The van der Waals surface area contributed by atoms with Crippen LogP contribution in [0.4, 0.5) is 5.69 Å².